The van der Waals surface area contributed by atoms with Crippen molar-refractivity contribution in [1.29, 1.82) is 0 Å². The van der Waals surface area contributed by atoms with E-state index in [1.807, 2.05) is 12.4 Å². The average Bonchev–Trinajstić information content (AvgIpc) is 2.47. The van der Waals surface area contributed by atoms with Crippen LogP contribution in [0.25, 0.3) is 0 Å². The molecular formula is C15H26N4. The van der Waals surface area contributed by atoms with Crippen molar-refractivity contribution in [2.24, 2.45) is 0 Å². The predicted octanol–water partition coefficient (Wildman–Crippen LogP) is 2.43. The van der Waals surface area contributed by atoms with Crippen molar-refractivity contribution < 1.29 is 0 Å². The van der Waals surface area contributed by atoms with E-state index in [9.17, 15) is 0 Å². The quantitative estimate of drug-likeness (QED) is 0.883. The lowest BCUT2D eigenvalue weighted by molar-refractivity contribution is 0.221. The van der Waals surface area contributed by atoms with E-state index >= 15 is 0 Å². The molecule has 0 aliphatic carbocycles. The maximum Gasteiger partial charge on any atom is 0.0573 e. The van der Waals surface area contributed by atoms with E-state index in [0.29, 0.717) is 6.04 Å². The summed E-state index contributed by atoms with van der Waals surface area (Å²) in [4.78, 5) is 9.25. The van der Waals surface area contributed by atoms with Crippen molar-refractivity contribution in [2.75, 3.05) is 43.4 Å². The van der Waals surface area contributed by atoms with Crippen LogP contribution in [0.1, 0.15) is 26.7 Å². The van der Waals surface area contributed by atoms with Gasteiger partial charge in [-0.05, 0) is 32.4 Å². The molecule has 1 aromatic heterocycles. The molecule has 0 atom stereocenters. The standard InChI is InChI=1S/C15H26N4/c1-4-17-13-10-15(12-16-11-13)18(3)14-6-8-19(5-2)9-7-14/h10-12,14,17H,4-9H2,1-3H3. The van der Waals surface area contributed by atoms with Crippen molar-refractivity contribution in [3.63, 3.8) is 0 Å². The minimum absolute atomic E-state index is 0.640. The molecule has 0 spiro atoms. The number of piperidine rings is 1. The first kappa shape index (κ1) is 14.1. The van der Waals surface area contributed by atoms with Crippen LogP contribution in [0.5, 0.6) is 0 Å². The van der Waals surface area contributed by atoms with Crippen molar-refractivity contribution in [2.45, 2.75) is 32.7 Å². The molecule has 19 heavy (non-hydrogen) atoms. The zero-order valence-corrected chi connectivity index (χ0v) is 12.4. The number of pyridine rings is 1. The average molecular weight is 262 g/mol. The van der Waals surface area contributed by atoms with Gasteiger partial charge in [-0.3, -0.25) is 4.98 Å². The smallest absolute Gasteiger partial charge is 0.0573 e. The third-order valence-corrected chi connectivity index (χ3v) is 4.06. The summed E-state index contributed by atoms with van der Waals surface area (Å²) in [5.74, 6) is 0. The molecule has 0 radical (unpaired) electrons. The number of rotatable bonds is 5. The summed E-state index contributed by atoms with van der Waals surface area (Å²) in [5.41, 5.74) is 2.33. The number of anilines is 2. The highest BCUT2D eigenvalue weighted by Gasteiger charge is 2.22. The number of aromatic nitrogens is 1. The van der Waals surface area contributed by atoms with Crippen molar-refractivity contribution in [1.82, 2.24) is 9.88 Å². The topological polar surface area (TPSA) is 31.4 Å². The Labute approximate surface area is 116 Å². The van der Waals surface area contributed by atoms with Gasteiger partial charge in [-0.2, -0.15) is 0 Å². The van der Waals surface area contributed by atoms with Crippen LogP contribution in [0.3, 0.4) is 0 Å². The van der Waals surface area contributed by atoms with E-state index in [0.717, 1.165) is 12.2 Å². The molecule has 0 amide bonds. The lowest BCUT2D eigenvalue weighted by atomic mass is 10.0. The Bertz CT molecular complexity index is 385. The molecule has 1 aromatic rings. The normalized spacial score (nSPS) is 17.4. The summed E-state index contributed by atoms with van der Waals surface area (Å²) >= 11 is 0. The van der Waals surface area contributed by atoms with Gasteiger partial charge >= 0.3 is 0 Å². The Morgan fingerprint density at radius 1 is 1.32 bits per heavy atom. The Hall–Kier alpha value is -1.29. The van der Waals surface area contributed by atoms with Crippen molar-refractivity contribution in [3.05, 3.63) is 18.5 Å². The molecule has 4 nitrogen and oxygen atoms in total. The number of hydrogen-bond donors (Lipinski definition) is 1. The fraction of sp³-hybridized carbons (Fsp3) is 0.667. The summed E-state index contributed by atoms with van der Waals surface area (Å²) in [6, 6.07) is 2.84. The highest BCUT2D eigenvalue weighted by molar-refractivity contribution is 5.55. The molecule has 2 rings (SSSR count). The largest absolute Gasteiger partial charge is 0.384 e. The third kappa shape index (κ3) is 3.60. The minimum atomic E-state index is 0.640. The van der Waals surface area contributed by atoms with Crippen LogP contribution < -0.4 is 10.2 Å². The molecule has 0 bridgehead atoms. The Kier molecular flexibility index (Phi) is 5.02. The summed E-state index contributed by atoms with van der Waals surface area (Å²) in [5, 5.41) is 3.32. The number of nitrogens with one attached hydrogen (secondary N) is 1. The number of likely N-dealkylation sites (tertiary alicyclic amines) is 1. The van der Waals surface area contributed by atoms with Crippen LogP contribution >= 0.6 is 0 Å². The lowest BCUT2D eigenvalue weighted by Gasteiger charge is -2.37. The van der Waals surface area contributed by atoms with Gasteiger partial charge in [-0.25, -0.2) is 0 Å². The van der Waals surface area contributed by atoms with Crippen LogP contribution in [-0.2, 0) is 0 Å². The number of nitrogens with zero attached hydrogens (tertiary/aromatic N) is 3. The summed E-state index contributed by atoms with van der Waals surface area (Å²) in [7, 11) is 2.19. The van der Waals surface area contributed by atoms with Gasteiger partial charge in [-0.1, -0.05) is 6.92 Å². The minimum Gasteiger partial charge on any atom is -0.384 e. The van der Waals surface area contributed by atoms with Gasteiger partial charge in [0.1, 0.15) is 0 Å². The van der Waals surface area contributed by atoms with Crippen LogP contribution in [0.2, 0.25) is 0 Å². The fourth-order valence-corrected chi connectivity index (χ4v) is 2.76. The van der Waals surface area contributed by atoms with Gasteiger partial charge in [0.2, 0.25) is 0 Å². The second kappa shape index (κ2) is 6.75. The van der Waals surface area contributed by atoms with E-state index in [1.165, 1.54) is 38.2 Å². The van der Waals surface area contributed by atoms with Gasteiger partial charge in [0.05, 0.1) is 23.8 Å². The fourth-order valence-electron chi connectivity index (χ4n) is 2.76. The zero-order chi connectivity index (χ0) is 13.7. The lowest BCUT2D eigenvalue weighted by Crippen LogP contribution is -2.43. The zero-order valence-electron chi connectivity index (χ0n) is 12.4. The van der Waals surface area contributed by atoms with Gasteiger partial charge < -0.3 is 15.1 Å². The van der Waals surface area contributed by atoms with E-state index in [4.69, 9.17) is 0 Å². The summed E-state index contributed by atoms with van der Waals surface area (Å²) in [6.45, 7) is 8.89. The molecule has 1 saturated heterocycles. The summed E-state index contributed by atoms with van der Waals surface area (Å²) in [6.07, 6.45) is 6.35. The van der Waals surface area contributed by atoms with Crippen LogP contribution in [0.4, 0.5) is 11.4 Å². The molecule has 1 N–H and O–H groups in total. The van der Waals surface area contributed by atoms with E-state index < -0.39 is 0 Å². The number of hydrogen-bond acceptors (Lipinski definition) is 4. The van der Waals surface area contributed by atoms with Gasteiger partial charge in [0, 0.05) is 32.7 Å². The third-order valence-electron chi connectivity index (χ3n) is 4.06. The molecular weight excluding hydrogens is 236 g/mol. The maximum absolute atomic E-state index is 4.34. The molecule has 1 aliphatic rings. The SMILES string of the molecule is CCNc1cncc(N(C)C2CCN(CC)CC2)c1. The maximum atomic E-state index is 4.34. The first-order valence-corrected chi connectivity index (χ1v) is 7.38. The second-order valence-electron chi connectivity index (χ2n) is 5.24. The summed E-state index contributed by atoms with van der Waals surface area (Å²) < 4.78 is 0. The monoisotopic (exact) mass is 262 g/mol. The van der Waals surface area contributed by atoms with Crippen LogP contribution in [-0.4, -0.2) is 49.2 Å². The molecule has 0 saturated carbocycles. The first-order chi connectivity index (χ1) is 9.24. The Balaban J connectivity index is 1.99. The molecule has 4 heteroatoms. The van der Waals surface area contributed by atoms with E-state index in [2.05, 4.69) is 47.1 Å². The molecule has 0 aromatic carbocycles. The molecule has 0 unspecified atom stereocenters. The van der Waals surface area contributed by atoms with Gasteiger partial charge in [0.15, 0.2) is 0 Å². The van der Waals surface area contributed by atoms with Crippen molar-refractivity contribution in [3.8, 4) is 0 Å². The van der Waals surface area contributed by atoms with E-state index in [-0.39, 0.29) is 0 Å². The Morgan fingerprint density at radius 2 is 2.05 bits per heavy atom. The van der Waals surface area contributed by atoms with Gasteiger partial charge in [-0.15, -0.1) is 0 Å². The highest BCUT2D eigenvalue weighted by Crippen LogP contribution is 2.23. The van der Waals surface area contributed by atoms with Crippen LogP contribution in [0, 0.1) is 0 Å². The molecule has 106 valence electrons. The molecule has 1 fully saturated rings. The molecule has 2 heterocycles. The van der Waals surface area contributed by atoms with E-state index in [1.54, 1.807) is 0 Å². The van der Waals surface area contributed by atoms with Gasteiger partial charge in [0.25, 0.3) is 0 Å². The Morgan fingerprint density at radius 3 is 2.68 bits per heavy atom. The molecule has 1 aliphatic heterocycles. The first-order valence-electron chi connectivity index (χ1n) is 7.38. The highest BCUT2D eigenvalue weighted by atomic mass is 15.2. The van der Waals surface area contributed by atoms with Crippen molar-refractivity contribution >= 4 is 11.4 Å². The predicted molar refractivity (Wildman–Crippen MR) is 81.9 cm³/mol. The van der Waals surface area contributed by atoms with Crippen LogP contribution in [0.15, 0.2) is 18.5 Å². The second-order valence-corrected chi connectivity index (χ2v) is 5.24.